The lowest BCUT2D eigenvalue weighted by Crippen LogP contribution is -2.32. The van der Waals surface area contributed by atoms with Gasteiger partial charge in [0.25, 0.3) is 0 Å². The molecule has 0 atom stereocenters. The van der Waals surface area contributed by atoms with Crippen LogP contribution in [0.3, 0.4) is 0 Å². The van der Waals surface area contributed by atoms with Gasteiger partial charge in [0.2, 0.25) is 0 Å². The van der Waals surface area contributed by atoms with Crippen molar-refractivity contribution in [1.29, 1.82) is 0 Å². The Morgan fingerprint density at radius 3 is 2.30 bits per heavy atom. The third kappa shape index (κ3) is 3.84. The predicted molar refractivity (Wildman–Crippen MR) is 89.3 cm³/mol. The molecule has 3 N–H and O–H groups in total. The molecule has 0 amide bonds. The number of nitrogens with two attached hydrogens (primary N) is 1. The number of aryl methyl sites for hydroxylation is 1. The molecule has 0 aliphatic heterocycles. The summed E-state index contributed by atoms with van der Waals surface area (Å²) in [5, 5.41) is 3.57. The summed E-state index contributed by atoms with van der Waals surface area (Å²) in [6.07, 6.45) is 1.13. The summed E-state index contributed by atoms with van der Waals surface area (Å²) in [6, 6.07) is 12.7. The molecule has 0 saturated heterocycles. The van der Waals surface area contributed by atoms with Crippen molar-refractivity contribution in [3.8, 4) is 0 Å². The van der Waals surface area contributed by atoms with Gasteiger partial charge in [-0.2, -0.15) is 0 Å². The monoisotopic (exact) mass is 288 g/mol. The maximum Gasteiger partial charge on any atom is 0.0314 e. The number of nitrogen functional groups attached to an aromatic ring is 1. The maximum absolute atomic E-state index is 5.75. The van der Waals surface area contributed by atoms with Crippen LogP contribution >= 0.6 is 11.3 Å². The van der Waals surface area contributed by atoms with Gasteiger partial charge in [-0.25, -0.2) is 0 Å². The van der Waals surface area contributed by atoms with E-state index in [1.165, 1.54) is 15.3 Å². The van der Waals surface area contributed by atoms with Crippen LogP contribution in [0.1, 0.15) is 36.1 Å². The highest BCUT2D eigenvalue weighted by Crippen LogP contribution is 2.23. The minimum absolute atomic E-state index is 0.110. The molecule has 1 aromatic heterocycles. The van der Waals surface area contributed by atoms with E-state index in [2.05, 4.69) is 50.4 Å². The molecule has 2 aromatic rings. The first kappa shape index (κ1) is 15.1. The Kier molecular flexibility index (Phi) is 4.84. The fraction of sp³-hybridized carbons (Fsp3) is 0.412. The maximum atomic E-state index is 5.75. The van der Waals surface area contributed by atoms with Gasteiger partial charge in [-0.3, -0.25) is 0 Å². The summed E-state index contributed by atoms with van der Waals surface area (Å²) >= 11 is 1.90. The molecule has 0 radical (unpaired) electrons. The van der Waals surface area contributed by atoms with Crippen LogP contribution in [0, 0.1) is 0 Å². The van der Waals surface area contributed by atoms with E-state index < -0.39 is 0 Å². The summed E-state index contributed by atoms with van der Waals surface area (Å²) in [5.41, 5.74) is 8.00. The van der Waals surface area contributed by atoms with Crippen LogP contribution in [-0.2, 0) is 18.4 Å². The molecular formula is C17H24N2S. The molecule has 2 nitrogen and oxygen atoms in total. The van der Waals surface area contributed by atoms with E-state index in [0.717, 1.165) is 25.2 Å². The number of thiophene rings is 1. The zero-order valence-electron chi connectivity index (χ0n) is 12.6. The first-order valence-corrected chi connectivity index (χ1v) is 7.97. The van der Waals surface area contributed by atoms with E-state index in [4.69, 9.17) is 5.73 Å². The Morgan fingerprint density at radius 2 is 1.70 bits per heavy atom. The lowest BCUT2D eigenvalue weighted by atomic mass is 9.84. The number of hydrogen-bond acceptors (Lipinski definition) is 3. The molecule has 0 fully saturated rings. The second-order valence-electron chi connectivity index (χ2n) is 5.83. The van der Waals surface area contributed by atoms with Crippen molar-refractivity contribution in [1.82, 2.24) is 5.32 Å². The number of rotatable bonds is 6. The summed E-state index contributed by atoms with van der Waals surface area (Å²) in [7, 11) is 0. The van der Waals surface area contributed by atoms with E-state index in [0.29, 0.717) is 0 Å². The molecule has 1 heterocycles. The van der Waals surface area contributed by atoms with Crippen molar-refractivity contribution in [2.75, 3.05) is 12.3 Å². The molecule has 0 aliphatic carbocycles. The Morgan fingerprint density at radius 1 is 1.05 bits per heavy atom. The molecule has 20 heavy (non-hydrogen) atoms. The van der Waals surface area contributed by atoms with Gasteiger partial charge >= 0.3 is 0 Å². The summed E-state index contributed by atoms with van der Waals surface area (Å²) in [6.45, 7) is 8.63. The average Bonchev–Trinajstić information content (AvgIpc) is 2.87. The van der Waals surface area contributed by atoms with E-state index in [1.54, 1.807) is 0 Å². The highest BCUT2D eigenvalue weighted by Gasteiger charge is 2.19. The molecule has 0 saturated carbocycles. The van der Waals surface area contributed by atoms with Crippen LogP contribution in [0.25, 0.3) is 0 Å². The Balaban J connectivity index is 1.90. The lowest BCUT2D eigenvalue weighted by molar-refractivity contribution is 0.470. The number of hydrogen-bond donors (Lipinski definition) is 2. The minimum Gasteiger partial charge on any atom is -0.399 e. The first-order valence-electron chi connectivity index (χ1n) is 7.15. The van der Waals surface area contributed by atoms with Gasteiger partial charge in [-0.1, -0.05) is 32.9 Å². The van der Waals surface area contributed by atoms with Gasteiger partial charge in [0.15, 0.2) is 0 Å². The second kappa shape index (κ2) is 6.42. The summed E-state index contributed by atoms with van der Waals surface area (Å²) < 4.78 is 0. The van der Waals surface area contributed by atoms with E-state index in [1.807, 2.05) is 23.5 Å². The van der Waals surface area contributed by atoms with E-state index in [9.17, 15) is 0 Å². The summed E-state index contributed by atoms with van der Waals surface area (Å²) in [5.74, 6) is 0. The van der Waals surface area contributed by atoms with Gasteiger partial charge < -0.3 is 11.1 Å². The molecular weight excluding hydrogens is 264 g/mol. The summed E-state index contributed by atoms with van der Waals surface area (Å²) in [4.78, 5) is 2.87. The molecule has 0 unspecified atom stereocenters. The van der Waals surface area contributed by atoms with Crippen molar-refractivity contribution in [3.05, 3.63) is 51.7 Å². The molecule has 0 aliphatic rings. The van der Waals surface area contributed by atoms with Gasteiger partial charge in [-0.05, 0) is 36.2 Å². The average molecular weight is 288 g/mol. The molecule has 0 bridgehead atoms. The van der Waals surface area contributed by atoms with Crippen molar-refractivity contribution in [2.45, 2.75) is 39.2 Å². The number of benzene rings is 1. The molecule has 1 aromatic carbocycles. The van der Waals surface area contributed by atoms with Crippen LogP contribution in [0.15, 0.2) is 36.4 Å². The lowest BCUT2D eigenvalue weighted by Gasteiger charge is -2.25. The van der Waals surface area contributed by atoms with Gasteiger partial charge in [0.1, 0.15) is 0 Å². The van der Waals surface area contributed by atoms with Crippen LogP contribution in [0.2, 0.25) is 0 Å². The third-order valence-corrected chi connectivity index (χ3v) is 4.85. The zero-order chi connectivity index (χ0) is 14.6. The third-order valence-electron chi connectivity index (χ3n) is 3.62. The topological polar surface area (TPSA) is 38.0 Å². The standard InChI is InChI=1S/C17H24N2S/c1-4-15-9-10-16(20-15)11-19-12-17(2,3)13-5-7-14(18)8-6-13/h5-10,19H,4,11-12,18H2,1-3H3. The van der Waals surface area contributed by atoms with Gasteiger partial charge in [0.05, 0.1) is 0 Å². The van der Waals surface area contributed by atoms with Crippen molar-refractivity contribution >= 4 is 17.0 Å². The number of nitrogens with one attached hydrogen (secondary N) is 1. The largest absolute Gasteiger partial charge is 0.399 e. The smallest absolute Gasteiger partial charge is 0.0314 e. The van der Waals surface area contributed by atoms with Gasteiger partial charge in [-0.15, -0.1) is 11.3 Å². The molecule has 2 rings (SSSR count). The van der Waals surface area contributed by atoms with Gasteiger partial charge in [0, 0.05) is 33.9 Å². The van der Waals surface area contributed by atoms with Crippen LogP contribution < -0.4 is 11.1 Å². The minimum atomic E-state index is 0.110. The highest BCUT2D eigenvalue weighted by atomic mass is 32.1. The zero-order valence-corrected chi connectivity index (χ0v) is 13.4. The second-order valence-corrected chi connectivity index (χ2v) is 7.08. The van der Waals surface area contributed by atoms with E-state index in [-0.39, 0.29) is 5.41 Å². The molecule has 3 heteroatoms. The fourth-order valence-corrected chi connectivity index (χ4v) is 3.17. The molecule has 0 spiro atoms. The van der Waals surface area contributed by atoms with Crippen molar-refractivity contribution < 1.29 is 0 Å². The van der Waals surface area contributed by atoms with E-state index >= 15 is 0 Å². The predicted octanol–water partition coefficient (Wildman–Crippen LogP) is 3.96. The Hall–Kier alpha value is -1.32. The first-order chi connectivity index (χ1) is 9.51. The fourth-order valence-electron chi connectivity index (χ4n) is 2.24. The highest BCUT2D eigenvalue weighted by molar-refractivity contribution is 7.11. The van der Waals surface area contributed by atoms with Crippen molar-refractivity contribution in [3.63, 3.8) is 0 Å². The van der Waals surface area contributed by atoms with Crippen LogP contribution in [0.5, 0.6) is 0 Å². The Bertz CT molecular complexity index is 540. The molecule has 108 valence electrons. The quantitative estimate of drug-likeness (QED) is 0.790. The van der Waals surface area contributed by atoms with Crippen LogP contribution in [-0.4, -0.2) is 6.54 Å². The number of anilines is 1. The van der Waals surface area contributed by atoms with Crippen LogP contribution in [0.4, 0.5) is 5.69 Å². The normalized spacial score (nSPS) is 11.8. The Labute approximate surface area is 126 Å². The SMILES string of the molecule is CCc1ccc(CNCC(C)(C)c2ccc(N)cc2)s1. The van der Waals surface area contributed by atoms with Crippen molar-refractivity contribution in [2.24, 2.45) is 0 Å².